The van der Waals surface area contributed by atoms with Crippen molar-refractivity contribution in [1.82, 2.24) is 4.90 Å². The van der Waals surface area contributed by atoms with Gasteiger partial charge in [0.1, 0.15) is 5.75 Å². The van der Waals surface area contributed by atoms with E-state index in [0.717, 1.165) is 16.7 Å². The highest BCUT2D eigenvalue weighted by atomic mass is 16.5. The van der Waals surface area contributed by atoms with E-state index in [4.69, 9.17) is 14.2 Å². The van der Waals surface area contributed by atoms with E-state index in [2.05, 4.69) is 0 Å². The zero-order valence-electron chi connectivity index (χ0n) is 18.0. The first-order valence-corrected chi connectivity index (χ1v) is 10.7. The van der Waals surface area contributed by atoms with Crippen molar-refractivity contribution in [3.63, 3.8) is 0 Å². The molecule has 1 saturated heterocycles. The number of carbonyl (C=O) groups is 2. The minimum atomic E-state index is -0.927. The Morgan fingerprint density at radius 3 is 2.59 bits per heavy atom. The second kappa shape index (κ2) is 9.87. The summed E-state index contributed by atoms with van der Waals surface area (Å²) < 4.78 is 16.2. The molecule has 4 rings (SSSR count). The van der Waals surface area contributed by atoms with Crippen molar-refractivity contribution in [2.45, 2.75) is 18.9 Å². The monoisotopic (exact) mass is 437 g/mol. The summed E-state index contributed by atoms with van der Waals surface area (Å²) in [4.78, 5) is 25.4. The van der Waals surface area contributed by atoms with Crippen LogP contribution in [0.5, 0.6) is 5.75 Å². The summed E-state index contributed by atoms with van der Waals surface area (Å²) in [6.45, 7) is 2.14. The number of ether oxygens (including phenoxy) is 3. The minimum absolute atomic E-state index is 0.192. The third-order valence-corrected chi connectivity index (χ3v) is 5.92. The van der Waals surface area contributed by atoms with Crippen LogP contribution in [0.3, 0.4) is 0 Å². The van der Waals surface area contributed by atoms with Gasteiger partial charge in [-0.05, 0) is 36.1 Å². The fourth-order valence-electron chi connectivity index (χ4n) is 4.07. The number of nitrogens with zero attached hydrogens (tertiary/aromatic N) is 1. The molecule has 1 N–H and O–H groups in total. The van der Waals surface area contributed by atoms with Crippen LogP contribution < -0.4 is 4.74 Å². The Morgan fingerprint density at radius 1 is 1.16 bits per heavy atom. The number of rotatable bonds is 7. The second-order valence-corrected chi connectivity index (χ2v) is 8.13. The van der Waals surface area contributed by atoms with Crippen molar-refractivity contribution in [2.24, 2.45) is 5.92 Å². The first kappa shape index (κ1) is 21.9. The van der Waals surface area contributed by atoms with Crippen molar-refractivity contribution in [2.75, 3.05) is 33.5 Å². The van der Waals surface area contributed by atoms with Gasteiger partial charge in [-0.25, -0.2) is 9.59 Å². The molecule has 0 spiro atoms. The Morgan fingerprint density at radius 2 is 1.94 bits per heavy atom. The van der Waals surface area contributed by atoms with Crippen LogP contribution in [0.25, 0.3) is 5.57 Å². The van der Waals surface area contributed by atoms with Gasteiger partial charge in [-0.15, -0.1) is 0 Å². The first-order chi connectivity index (χ1) is 15.5. The van der Waals surface area contributed by atoms with Gasteiger partial charge in [-0.3, -0.25) is 0 Å². The zero-order valence-corrected chi connectivity index (χ0v) is 18.0. The molecule has 1 atom stereocenters. The van der Waals surface area contributed by atoms with E-state index >= 15 is 0 Å². The lowest BCUT2D eigenvalue weighted by molar-refractivity contribution is -0.0509. The van der Waals surface area contributed by atoms with Crippen molar-refractivity contribution in [3.8, 4) is 5.75 Å². The van der Waals surface area contributed by atoms with Gasteiger partial charge in [0.2, 0.25) is 0 Å². The van der Waals surface area contributed by atoms with Gasteiger partial charge in [0.15, 0.2) is 0 Å². The molecule has 2 aromatic rings. The number of carboxylic acid groups (broad SMARTS) is 1. The van der Waals surface area contributed by atoms with Crippen LogP contribution in [0.1, 0.15) is 27.9 Å². The lowest BCUT2D eigenvalue weighted by Gasteiger charge is -2.34. The van der Waals surface area contributed by atoms with E-state index in [1.54, 1.807) is 12.1 Å². The molecule has 32 heavy (non-hydrogen) atoms. The predicted molar refractivity (Wildman–Crippen MR) is 119 cm³/mol. The summed E-state index contributed by atoms with van der Waals surface area (Å²) in [5, 5.41) is 9.71. The van der Waals surface area contributed by atoms with Crippen molar-refractivity contribution in [3.05, 3.63) is 71.3 Å². The van der Waals surface area contributed by atoms with Gasteiger partial charge < -0.3 is 24.2 Å². The number of amides is 1. The molecule has 1 unspecified atom stereocenters. The van der Waals surface area contributed by atoms with E-state index in [-0.39, 0.29) is 6.04 Å². The minimum Gasteiger partial charge on any atom is -0.492 e. The molecular weight excluding hydrogens is 410 g/mol. The van der Waals surface area contributed by atoms with Crippen molar-refractivity contribution < 1.29 is 28.9 Å². The van der Waals surface area contributed by atoms with Crippen LogP contribution in [0.4, 0.5) is 4.79 Å². The van der Waals surface area contributed by atoms with E-state index in [0.29, 0.717) is 56.4 Å². The van der Waals surface area contributed by atoms with Gasteiger partial charge in [0.25, 0.3) is 0 Å². The van der Waals surface area contributed by atoms with Crippen LogP contribution in [0, 0.1) is 5.92 Å². The topological polar surface area (TPSA) is 85.3 Å². The number of carbonyl (C=O) groups excluding carboxylic acids is 1. The van der Waals surface area contributed by atoms with Crippen LogP contribution in [0.2, 0.25) is 0 Å². The maximum absolute atomic E-state index is 12.0. The van der Waals surface area contributed by atoms with Gasteiger partial charge in [0, 0.05) is 24.1 Å². The summed E-state index contributed by atoms with van der Waals surface area (Å²) in [6, 6.07) is 15.0. The quantitative estimate of drug-likeness (QED) is 0.662. The molecule has 0 aromatic heterocycles. The highest BCUT2D eigenvalue weighted by Gasteiger charge is 2.29. The van der Waals surface area contributed by atoms with E-state index in [9.17, 15) is 14.7 Å². The molecule has 168 valence electrons. The van der Waals surface area contributed by atoms with Crippen LogP contribution >= 0.6 is 0 Å². The third-order valence-electron chi connectivity index (χ3n) is 5.92. The maximum atomic E-state index is 12.0. The number of hydrogen-bond donors (Lipinski definition) is 1. The summed E-state index contributed by atoms with van der Waals surface area (Å²) in [5.41, 5.74) is 3.40. The normalized spacial score (nSPS) is 18.5. The maximum Gasteiger partial charge on any atom is 0.407 e. The first-order valence-electron chi connectivity index (χ1n) is 10.7. The van der Waals surface area contributed by atoms with Crippen molar-refractivity contribution >= 4 is 17.6 Å². The lowest BCUT2D eigenvalue weighted by atomic mass is 9.89. The van der Waals surface area contributed by atoms with Crippen LogP contribution in [0.15, 0.2) is 54.6 Å². The standard InChI is InChI=1S/C25H27NO6/c1-30-24(27)20-7-8-22(23(13-20)32-16-18-14-31-15-18)19-9-10-26(25(28)29)21(12-19)11-17-5-3-2-4-6-17/h2-9,13,18,21H,10-12,14-16H2,1H3,(H,28,29). The molecule has 0 aliphatic carbocycles. The van der Waals surface area contributed by atoms with Gasteiger partial charge in [-0.1, -0.05) is 42.5 Å². The Bertz CT molecular complexity index is 999. The Labute approximate surface area is 187 Å². The molecule has 7 heteroatoms. The van der Waals surface area contributed by atoms with Gasteiger partial charge in [0.05, 0.1) is 32.5 Å². The highest BCUT2D eigenvalue weighted by Crippen LogP contribution is 2.35. The van der Waals surface area contributed by atoms with Crippen molar-refractivity contribution in [1.29, 1.82) is 0 Å². The van der Waals surface area contributed by atoms with E-state index in [1.807, 2.05) is 42.5 Å². The zero-order chi connectivity index (χ0) is 22.5. The summed E-state index contributed by atoms with van der Waals surface area (Å²) in [7, 11) is 1.35. The molecule has 0 saturated carbocycles. The van der Waals surface area contributed by atoms with E-state index < -0.39 is 12.1 Å². The summed E-state index contributed by atoms with van der Waals surface area (Å²) >= 11 is 0. The summed E-state index contributed by atoms with van der Waals surface area (Å²) in [6.07, 6.45) is 2.19. The molecule has 2 aromatic carbocycles. The Hall–Kier alpha value is -3.32. The number of esters is 1. The van der Waals surface area contributed by atoms with Gasteiger partial charge in [-0.2, -0.15) is 0 Å². The predicted octanol–water partition coefficient (Wildman–Crippen LogP) is 3.88. The lowest BCUT2D eigenvalue weighted by Crippen LogP contribution is -2.43. The molecule has 7 nitrogen and oxygen atoms in total. The molecule has 0 radical (unpaired) electrons. The molecular formula is C25H27NO6. The molecule has 1 amide bonds. The molecule has 2 aliphatic heterocycles. The molecule has 2 heterocycles. The fourth-order valence-corrected chi connectivity index (χ4v) is 4.07. The largest absolute Gasteiger partial charge is 0.492 e. The number of hydrogen-bond acceptors (Lipinski definition) is 5. The Balaban J connectivity index is 1.61. The molecule has 2 aliphatic rings. The highest BCUT2D eigenvalue weighted by molar-refractivity contribution is 5.91. The number of methoxy groups -OCH3 is 1. The Kier molecular flexibility index (Phi) is 6.75. The molecule has 1 fully saturated rings. The van der Waals surface area contributed by atoms with Crippen LogP contribution in [-0.4, -0.2) is 61.6 Å². The van der Waals surface area contributed by atoms with Crippen LogP contribution in [-0.2, 0) is 15.9 Å². The summed E-state index contributed by atoms with van der Waals surface area (Å²) in [5.74, 6) is 0.511. The average Bonchev–Trinajstić information content (AvgIpc) is 2.78. The SMILES string of the molecule is COC(=O)c1ccc(C2=CCN(C(=O)O)C(Cc3ccccc3)C2)c(OCC2COC2)c1. The van der Waals surface area contributed by atoms with Gasteiger partial charge >= 0.3 is 12.1 Å². The second-order valence-electron chi connectivity index (χ2n) is 8.13. The van der Waals surface area contributed by atoms with E-state index in [1.165, 1.54) is 12.0 Å². The molecule has 0 bridgehead atoms. The fraction of sp³-hybridized carbons (Fsp3) is 0.360. The average molecular weight is 437 g/mol. The smallest absolute Gasteiger partial charge is 0.407 e. The third kappa shape index (κ3) is 4.94. The number of benzene rings is 2.